The smallest absolute Gasteiger partial charge is 0.193 e. The van der Waals surface area contributed by atoms with Gasteiger partial charge in [-0.2, -0.15) is 5.10 Å². The lowest BCUT2D eigenvalue weighted by molar-refractivity contribution is 0.923. The van der Waals surface area contributed by atoms with Gasteiger partial charge in [0, 0.05) is 19.2 Å². The molecule has 1 aliphatic heterocycles. The zero-order chi connectivity index (χ0) is 19.3. The number of aromatic amines is 1. The fraction of sp³-hybridized carbons (Fsp3) is 0.250. The summed E-state index contributed by atoms with van der Waals surface area (Å²) in [5.41, 5.74) is 2.09. The molecule has 1 saturated heterocycles. The third-order valence-corrected chi connectivity index (χ3v) is 4.56. The molecule has 0 unspecified atom stereocenters. The second-order valence-corrected chi connectivity index (χ2v) is 6.68. The van der Waals surface area contributed by atoms with Gasteiger partial charge < -0.3 is 10.2 Å². The van der Waals surface area contributed by atoms with Gasteiger partial charge in [0.2, 0.25) is 0 Å². The van der Waals surface area contributed by atoms with E-state index in [1.54, 1.807) is 0 Å². The maximum absolute atomic E-state index is 11.7. The number of benzene rings is 1. The monoisotopic (exact) mass is 375 g/mol. The molecule has 8 nitrogen and oxygen atoms in total. The van der Waals surface area contributed by atoms with Crippen molar-refractivity contribution in [3.8, 4) is 0 Å². The molecule has 0 aliphatic carbocycles. The summed E-state index contributed by atoms with van der Waals surface area (Å²) in [5.74, 6) is 2.08. The number of nitroso groups, excluding NO2 is 1. The summed E-state index contributed by atoms with van der Waals surface area (Å²) >= 11 is 0. The molecule has 3 aromatic rings. The third-order valence-electron chi connectivity index (χ3n) is 4.56. The minimum atomic E-state index is 0.214. The fourth-order valence-electron chi connectivity index (χ4n) is 3.20. The van der Waals surface area contributed by atoms with Crippen molar-refractivity contribution in [1.82, 2.24) is 20.2 Å². The van der Waals surface area contributed by atoms with E-state index in [4.69, 9.17) is 0 Å². The number of aryl methyl sites for hydroxylation is 1. The Hall–Kier alpha value is -3.55. The zero-order valence-corrected chi connectivity index (χ0v) is 15.6. The second kappa shape index (κ2) is 7.99. The van der Waals surface area contributed by atoms with Gasteiger partial charge in [-0.3, -0.25) is 5.10 Å². The molecule has 1 aliphatic rings. The minimum Gasteiger partial charge on any atom is -0.355 e. The first-order chi connectivity index (χ1) is 13.7. The SMILES string of the molecule is Cc1cc(Nc2nc(/C=C/c3ccccc3)nc(N3CCCC3)c2N=O)[nH]n1. The molecule has 8 heteroatoms. The summed E-state index contributed by atoms with van der Waals surface area (Å²) in [6.07, 6.45) is 5.92. The van der Waals surface area contributed by atoms with E-state index in [0.717, 1.165) is 37.2 Å². The average Bonchev–Trinajstić information content (AvgIpc) is 3.39. The summed E-state index contributed by atoms with van der Waals surface area (Å²) in [5, 5.41) is 13.3. The van der Waals surface area contributed by atoms with Gasteiger partial charge in [0.1, 0.15) is 5.82 Å². The normalized spacial score (nSPS) is 14.0. The topological polar surface area (TPSA) is 99.2 Å². The Morgan fingerprint density at radius 1 is 1.14 bits per heavy atom. The summed E-state index contributed by atoms with van der Waals surface area (Å²) in [4.78, 5) is 22.9. The van der Waals surface area contributed by atoms with Crippen LogP contribution in [-0.2, 0) is 0 Å². The van der Waals surface area contributed by atoms with Crippen LogP contribution in [0.25, 0.3) is 12.2 Å². The maximum atomic E-state index is 11.7. The number of nitrogens with zero attached hydrogens (tertiary/aromatic N) is 5. The second-order valence-electron chi connectivity index (χ2n) is 6.68. The van der Waals surface area contributed by atoms with Crippen molar-refractivity contribution >= 4 is 35.3 Å². The highest BCUT2D eigenvalue weighted by molar-refractivity contribution is 5.79. The van der Waals surface area contributed by atoms with Gasteiger partial charge in [0.25, 0.3) is 0 Å². The molecule has 2 aromatic heterocycles. The van der Waals surface area contributed by atoms with E-state index < -0.39 is 0 Å². The van der Waals surface area contributed by atoms with Gasteiger partial charge in [-0.1, -0.05) is 36.4 Å². The molecular formula is C20H21N7O. The first-order valence-electron chi connectivity index (χ1n) is 9.25. The van der Waals surface area contributed by atoms with Crippen LogP contribution < -0.4 is 10.2 Å². The highest BCUT2D eigenvalue weighted by atomic mass is 16.3. The van der Waals surface area contributed by atoms with Gasteiger partial charge in [0.05, 0.1) is 5.69 Å². The van der Waals surface area contributed by atoms with Crippen LogP contribution in [0.15, 0.2) is 41.6 Å². The molecule has 0 bridgehead atoms. The number of rotatable bonds is 6. The molecular weight excluding hydrogens is 354 g/mol. The third kappa shape index (κ3) is 3.90. The standard InChI is InChI=1S/C20H21N7O/c1-14-13-17(25-24-14)22-19-18(26-28)20(27-11-5-6-12-27)23-16(21-19)10-9-15-7-3-2-4-8-15/h2-4,7-10,13H,5-6,11-12H2,1H3,(H2,21,22,23,24,25)/b10-9+. The van der Waals surface area contributed by atoms with E-state index in [2.05, 4.69) is 35.6 Å². The number of aromatic nitrogens is 4. The highest BCUT2D eigenvalue weighted by Gasteiger charge is 2.23. The van der Waals surface area contributed by atoms with E-state index in [1.165, 1.54) is 0 Å². The van der Waals surface area contributed by atoms with Crippen molar-refractivity contribution in [2.75, 3.05) is 23.3 Å². The largest absolute Gasteiger partial charge is 0.355 e. The van der Waals surface area contributed by atoms with Crippen molar-refractivity contribution < 1.29 is 0 Å². The zero-order valence-electron chi connectivity index (χ0n) is 15.6. The number of nitrogens with one attached hydrogen (secondary N) is 2. The molecule has 0 radical (unpaired) electrons. The van der Waals surface area contributed by atoms with Crippen LogP contribution in [0.2, 0.25) is 0 Å². The molecule has 2 N–H and O–H groups in total. The summed E-state index contributed by atoms with van der Waals surface area (Å²) < 4.78 is 0. The Balaban J connectivity index is 1.74. The highest BCUT2D eigenvalue weighted by Crippen LogP contribution is 2.36. The minimum absolute atomic E-state index is 0.214. The molecule has 0 atom stereocenters. The van der Waals surface area contributed by atoms with Crippen LogP contribution in [-0.4, -0.2) is 33.3 Å². The Kier molecular flexibility index (Phi) is 5.09. The predicted molar refractivity (Wildman–Crippen MR) is 111 cm³/mol. The van der Waals surface area contributed by atoms with Gasteiger partial charge in [-0.05, 0) is 36.6 Å². The van der Waals surface area contributed by atoms with Gasteiger partial charge >= 0.3 is 0 Å². The Morgan fingerprint density at radius 3 is 2.61 bits per heavy atom. The maximum Gasteiger partial charge on any atom is 0.193 e. The molecule has 1 fully saturated rings. The van der Waals surface area contributed by atoms with Crippen LogP contribution in [0.4, 0.5) is 23.1 Å². The number of hydrogen-bond donors (Lipinski definition) is 2. The number of anilines is 3. The van der Waals surface area contributed by atoms with Crippen LogP contribution in [0.5, 0.6) is 0 Å². The first-order valence-corrected chi connectivity index (χ1v) is 9.25. The van der Waals surface area contributed by atoms with E-state index in [9.17, 15) is 4.91 Å². The molecule has 1 aromatic carbocycles. The Morgan fingerprint density at radius 2 is 1.93 bits per heavy atom. The van der Waals surface area contributed by atoms with E-state index in [-0.39, 0.29) is 5.69 Å². The predicted octanol–water partition coefficient (Wildman–Crippen LogP) is 4.42. The van der Waals surface area contributed by atoms with Gasteiger partial charge in [-0.25, -0.2) is 9.97 Å². The van der Waals surface area contributed by atoms with E-state index in [0.29, 0.717) is 23.3 Å². The molecule has 0 saturated carbocycles. The summed E-state index contributed by atoms with van der Waals surface area (Å²) in [6.45, 7) is 3.58. The van der Waals surface area contributed by atoms with E-state index in [1.807, 2.05) is 55.5 Å². The van der Waals surface area contributed by atoms with Crippen molar-refractivity contribution in [3.63, 3.8) is 0 Å². The molecule has 0 spiro atoms. The average molecular weight is 375 g/mol. The van der Waals surface area contributed by atoms with Crippen molar-refractivity contribution in [1.29, 1.82) is 0 Å². The number of hydrogen-bond acceptors (Lipinski definition) is 7. The molecule has 4 rings (SSSR count). The summed E-state index contributed by atoms with van der Waals surface area (Å²) in [6, 6.07) is 11.8. The van der Waals surface area contributed by atoms with Crippen molar-refractivity contribution in [2.24, 2.45) is 5.18 Å². The Labute approximate surface area is 162 Å². The first kappa shape index (κ1) is 17.8. The van der Waals surface area contributed by atoms with E-state index >= 15 is 0 Å². The van der Waals surface area contributed by atoms with Crippen molar-refractivity contribution in [2.45, 2.75) is 19.8 Å². The van der Waals surface area contributed by atoms with Crippen LogP contribution in [0, 0.1) is 11.8 Å². The molecule has 142 valence electrons. The van der Waals surface area contributed by atoms with Gasteiger partial charge in [0.15, 0.2) is 23.1 Å². The fourth-order valence-corrected chi connectivity index (χ4v) is 3.20. The lowest BCUT2D eigenvalue weighted by Gasteiger charge is -2.19. The summed E-state index contributed by atoms with van der Waals surface area (Å²) in [7, 11) is 0. The van der Waals surface area contributed by atoms with Crippen molar-refractivity contribution in [3.05, 3.63) is 58.4 Å². The Bertz CT molecular complexity index is 991. The van der Waals surface area contributed by atoms with Crippen LogP contribution in [0.1, 0.15) is 29.9 Å². The molecule has 0 amide bonds. The lowest BCUT2D eigenvalue weighted by Crippen LogP contribution is -2.20. The van der Waals surface area contributed by atoms with Crippen LogP contribution >= 0.6 is 0 Å². The number of H-pyrrole nitrogens is 1. The van der Waals surface area contributed by atoms with Crippen LogP contribution in [0.3, 0.4) is 0 Å². The molecule has 3 heterocycles. The lowest BCUT2D eigenvalue weighted by atomic mass is 10.2. The molecule has 28 heavy (non-hydrogen) atoms. The quantitative estimate of drug-likeness (QED) is 0.619. The van der Waals surface area contributed by atoms with Gasteiger partial charge in [-0.15, -0.1) is 4.91 Å².